The van der Waals surface area contributed by atoms with Gasteiger partial charge in [-0.05, 0) is 79.7 Å². The van der Waals surface area contributed by atoms with Gasteiger partial charge in [0.25, 0.3) is 5.91 Å². The number of hydrogen-bond donors (Lipinski definition) is 1. The molecule has 0 bridgehead atoms. The second-order valence-corrected chi connectivity index (χ2v) is 11.4. The Morgan fingerprint density at radius 2 is 1.64 bits per heavy atom. The van der Waals surface area contributed by atoms with E-state index in [1.807, 2.05) is 76.2 Å². The van der Waals surface area contributed by atoms with Crippen molar-refractivity contribution in [3.8, 4) is 22.6 Å². The summed E-state index contributed by atoms with van der Waals surface area (Å²) in [4.78, 5) is 32.1. The lowest BCUT2D eigenvalue weighted by Crippen LogP contribution is -2.25. The highest BCUT2D eigenvalue weighted by molar-refractivity contribution is 5.96. The number of nitrogens with one attached hydrogen (secondary N) is 1. The number of imidazole rings is 1. The van der Waals surface area contributed by atoms with Gasteiger partial charge in [-0.15, -0.1) is 0 Å². The Bertz CT molecular complexity index is 1940. The van der Waals surface area contributed by atoms with Gasteiger partial charge in [0.05, 0.1) is 17.1 Å². The van der Waals surface area contributed by atoms with Gasteiger partial charge < -0.3 is 15.1 Å². The van der Waals surface area contributed by atoms with Crippen LogP contribution in [0.5, 0.6) is 0 Å². The summed E-state index contributed by atoms with van der Waals surface area (Å²) in [6.07, 6.45) is 4.74. The van der Waals surface area contributed by atoms with Gasteiger partial charge >= 0.3 is 0 Å². The predicted molar refractivity (Wildman–Crippen MR) is 174 cm³/mol. The number of aromatic nitrogens is 4. The normalized spacial score (nSPS) is 12.6. The Hall–Kier alpha value is -5.34. The molecule has 4 heterocycles. The standard InChI is InChI=1S/C36H33N7O/c1-41(2)21-18-25-13-15-30(16-14-25)38-36-37-19-17-31(39-36)34-33(40-32-12-5-6-20-43(32)34)26-10-7-11-27(22-26)35(44)42-23-28-8-3-4-9-29(28)24-42/h3-17,19-20,22H,18,21,23-24H2,1-2H3,(H,37,38,39). The van der Waals surface area contributed by atoms with Crippen LogP contribution in [-0.2, 0) is 19.5 Å². The van der Waals surface area contributed by atoms with Crippen LogP contribution >= 0.6 is 0 Å². The maximum Gasteiger partial charge on any atom is 0.254 e. The minimum atomic E-state index is 0.00891. The van der Waals surface area contributed by atoms with Crippen molar-refractivity contribution in [3.05, 3.63) is 132 Å². The maximum atomic E-state index is 13.6. The molecule has 3 aromatic heterocycles. The Morgan fingerprint density at radius 3 is 2.41 bits per heavy atom. The van der Waals surface area contributed by atoms with E-state index in [9.17, 15) is 4.79 Å². The van der Waals surface area contributed by atoms with E-state index in [1.165, 1.54) is 16.7 Å². The molecule has 1 amide bonds. The molecule has 0 fully saturated rings. The molecule has 3 aromatic carbocycles. The van der Waals surface area contributed by atoms with Crippen molar-refractivity contribution in [2.45, 2.75) is 19.5 Å². The van der Waals surface area contributed by atoms with Crippen LogP contribution in [0.2, 0.25) is 0 Å². The fourth-order valence-electron chi connectivity index (χ4n) is 5.69. The predicted octanol–water partition coefficient (Wildman–Crippen LogP) is 6.46. The van der Waals surface area contributed by atoms with Crippen LogP contribution < -0.4 is 5.32 Å². The summed E-state index contributed by atoms with van der Waals surface area (Å²) in [5.74, 6) is 0.507. The third kappa shape index (κ3) is 5.55. The first-order chi connectivity index (χ1) is 21.5. The Labute approximate surface area is 256 Å². The number of nitrogens with zero attached hydrogens (tertiary/aromatic N) is 6. The Balaban J connectivity index is 1.20. The molecular weight excluding hydrogens is 546 g/mol. The van der Waals surface area contributed by atoms with Crippen LogP contribution in [0.3, 0.4) is 0 Å². The van der Waals surface area contributed by atoms with Crippen molar-refractivity contribution in [1.29, 1.82) is 0 Å². The van der Waals surface area contributed by atoms with Crippen LogP contribution in [0, 0.1) is 0 Å². The van der Waals surface area contributed by atoms with Crippen molar-refractivity contribution in [3.63, 3.8) is 0 Å². The molecule has 0 aliphatic carbocycles. The van der Waals surface area contributed by atoms with E-state index in [-0.39, 0.29) is 5.91 Å². The number of hydrogen-bond acceptors (Lipinski definition) is 6. The number of anilines is 2. The lowest BCUT2D eigenvalue weighted by atomic mass is 10.0. The summed E-state index contributed by atoms with van der Waals surface area (Å²) in [5.41, 5.74) is 9.21. The third-order valence-electron chi connectivity index (χ3n) is 8.00. The summed E-state index contributed by atoms with van der Waals surface area (Å²) in [6, 6.07) is 32.2. The van der Waals surface area contributed by atoms with Crippen LogP contribution in [0.25, 0.3) is 28.3 Å². The zero-order chi connectivity index (χ0) is 30.0. The van der Waals surface area contributed by atoms with Gasteiger partial charge in [-0.2, -0.15) is 0 Å². The minimum Gasteiger partial charge on any atom is -0.330 e. The van der Waals surface area contributed by atoms with Gasteiger partial charge in [-0.25, -0.2) is 15.0 Å². The van der Waals surface area contributed by atoms with E-state index >= 15 is 0 Å². The van der Waals surface area contributed by atoms with Crippen molar-refractivity contribution in [1.82, 2.24) is 29.2 Å². The van der Waals surface area contributed by atoms with Crippen LogP contribution in [0.4, 0.5) is 11.6 Å². The largest absolute Gasteiger partial charge is 0.330 e. The number of fused-ring (bicyclic) bond motifs is 2. The SMILES string of the molecule is CN(C)CCc1ccc(Nc2nccc(-c3c(-c4cccc(C(=O)N5Cc6ccccc6C5)c4)nc4ccccn34)n2)cc1. The average Bonchev–Trinajstić information content (AvgIpc) is 3.67. The van der Waals surface area contributed by atoms with E-state index in [0.29, 0.717) is 24.6 Å². The van der Waals surface area contributed by atoms with Gasteiger partial charge in [0.2, 0.25) is 5.95 Å². The van der Waals surface area contributed by atoms with E-state index in [1.54, 1.807) is 6.20 Å². The number of rotatable bonds is 8. The second-order valence-electron chi connectivity index (χ2n) is 11.4. The maximum absolute atomic E-state index is 13.6. The number of likely N-dealkylation sites (N-methyl/N-ethyl adjacent to an activating group) is 1. The summed E-state index contributed by atoms with van der Waals surface area (Å²) in [5, 5.41) is 3.36. The molecule has 1 N–H and O–H groups in total. The topological polar surface area (TPSA) is 78.7 Å². The zero-order valence-electron chi connectivity index (χ0n) is 24.8. The molecule has 44 heavy (non-hydrogen) atoms. The van der Waals surface area contributed by atoms with E-state index in [0.717, 1.165) is 46.9 Å². The summed E-state index contributed by atoms with van der Waals surface area (Å²) < 4.78 is 2.03. The second kappa shape index (κ2) is 11.7. The molecule has 8 nitrogen and oxygen atoms in total. The average molecular weight is 580 g/mol. The quantitative estimate of drug-likeness (QED) is 0.223. The molecule has 1 aliphatic rings. The molecule has 6 aromatic rings. The number of benzene rings is 3. The molecule has 0 saturated carbocycles. The Kier molecular flexibility index (Phi) is 7.33. The molecule has 0 spiro atoms. The van der Waals surface area contributed by atoms with Gasteiger partial charge in [0.15, 0.2) is 0 Å². The van der Waals surface area contributed by atoms with Gasteiger partial charge in [0.1, 0.15) is 5.65 Å². The van der Waals surface area contributed by atoms with Gasteiger partial charge in [0, 0.05) is 48.8 Å². The number of carbonyl (C=O) groups excluding carboxylic acids is 1. The third-order valence-corrected chi connectivity index (χ3v) is 8.00. The monoisotopic (exact) mass is 579 g/mol. The number of carbonyl (C=O) groups is 1. The molecular formula is C36H33N7O. The Morgan fingerprint density at radius 1 is 0.864 bits per heavy atom. The van der Waals surface area contributed by atoms with Crippen LogP contribution in [0.1, 0.15) is 27.0 Å². The molecule has 1 aliphatic heterocycles. The lowest BCUT2D eigenvalue weighted by molar-refractivity contribution is 0.0751. The number of amides is 1. The van der Waals surface area contributed by atoms with Crippen LogP contribution in [-0.4, -0.2) is 55.7 Å². The highest BCUT2D eigenvalue weighted by atomic mass is 16.2. The minimum absolute atomic E-state index is 0.00891. The fourth-order valence-corrected chi connectivity index (χ4v) is 5.69. The molecule has 0 radical (unpaired) electrons. The molecule has 218 valence electrons. The van der Waals surface area contributed by atoms with E-state index < -0.39 is 0 Å². The highest BCUT2D eigenvalue weighted by Crippen LogP contribution is 2.33. The zero-order valence-corrected chi connectivity index (χ0v) is 24.8. The van der Waals surface area contributed by atoms with Crippen LogP contribution in [0.15, 0.2) is 109 Å². The molecule has 0 atom stereocenters. The first kappa shape index (κ1) is 27.5. The molecule has 8 heteroatoms. The highest BCUT2D eigenvalue weighted by Gasteiger charge is 2.25. The molecule has 0 unspecified atom stereocenters. The van der Waals surface area contributed by atoms with Gasteiger partial charge in [-0.3, -0.25) is 9.20 Å². The van der Waals surface area contributed by atoms with E-state index in [2.05, 4.69) is 65.7 Å². The summed E-state index contributed by atoms with van der Waals surface area (Å²) in [6.45, 7) is 2.24. The van der Waals surface area contributed by atoms with Crippen molar-refractivity contribution in [2.24, 2.45) is 0 Å². The number of pyridine rings is 1. The summed E-state index contributed by atoms with van der Waals surface area (Å²) >= 11 is 0. The van der Waals surface area contributed by atoms with E-state index in [4.69, 9.17) is 9.97 Å². The first-order valence-corrected chi connectivity index (χ1v) is 14.8. The molecule has 7 rings (SSSR count). The van der Waals surface area contributed by atoms with Crippen molar-refractivity contribution >= 4 is 23.2 Å². The first-order valence-electron chi connectivity index (χ1n) is 14.8. The summed E-state index contributed by atoms with van der Waals surface area (Å²) in [7, 11) is 4.17. The van der Waals surface area contributed by atoms with Gasteiger partial charge in [-0.1, -0.05) is 54.6 Å². The van der Waals surface area contributed by atoms with Crippen molar-refractivity contribution < 1.29 is 4.79 Å². The molecule has 0 saturated heterocycles. The smallest absolute Gasteiger partial charge is 0.254 e. The lowest BCUT2D eigenvalue weighted by Gasteiger charge is -2.16. The van der Waals surface area contributed by atoms with Crippen molar-refractivity contribution in [2.75, 3.05) is 26.0 Å². The fraction of sp³-hybridized carbons (Fsp3) is 0.167.